The zero-order valence-corrected chi connectivity index (χ0v) is 16.2. The van der Waals surface area contributed by atoms with Crippen molar-refractivity contribution >= 4 is 35.7 Å². The zero-order chi connectivity index (χ0) is 18.2. The topological polar surface area (TPSA) is 67.4 Å². The van der Waals surface area contributed by atoms with Gasteiger partial charge in [0, 0.05) is 28.7 Å². The van der Waals surface area contributed by atoms with Gasteiger partial charge in [0.05, 0.1) is 0 Å². The molecule has 0 radical (unpaired) electrons. The van der Waals surface area contributed by atoms with Crippen LogP contribution < -0.4 is 15.4 Å². The van der Waals surface area contributed by atoms with E-state index in [9.17, 15) is 9.59 Å². The minimum Gasteiger partial charge on any atom is -0.484 e. The first kappa shape index (κ1) is 22.0. The normalized spacial score (nSPS) is 11.2. The smallest absolute Gasteiger partial charge is 0.257 e. The number of amides is 1. The van der Waals surface area contributed by atoms with Crippen LogP contribution in [-0.4, -0.2) is 37.9 Å². The highest BCUT2D eigenvalue weighted by Crippen LogP contribution is 2.17. The predicted molar refractivity (Wildman–Crippen MR) is 106 cm³/mol. The van der Waals surface area contributed by atoms with Gasteiger partial charge in [0.15, 0.2) is 12.4 Å². The molecule has 0 fully saturated rings. The number of rotatable bonds is 8. The minimum atomic E-state index is -0.191. The highest BCUT2D eigenvalue weighted by molar-refractivity contribution is 6.30. The lowest BCUT2D eigenvalue weighted by atomic mass is 10.0. The molecule has 0 aliphatic rings. The Morgan fingerprint density at radius 3 is 2.12 bits per heavy atom. The lowest BCUT2D eigenvalue weighted by Gasteiger charge is -2.12. The summed E-state index contributed by atoms with van der Waals surface area (Å²) in [7, 11) is 1.83. The number of nitrogens with one attached hydrogen (secondary N) is 2. The number of carbonyl (C=O) groups is 2. The molecule has 0 aliphatic carbocycles. The first-order chi connectivity index (χ1) is 12.0. The molecule has 0 aromatic heterocycles. The summed E-state index contributed by atoms with van der Waals surface area (Å²) in [6.07, 6.45) is 0. The van der Waals surface area contributed by atoms with Crippen molar-refractivity contribution in [2.75, 3.05) is 20.2 Å². The molecule has 0 aliphatic heterocycles. The van der Waals surface area contributed by atoms with E-state index < -0.39 is 0 Å². The molecular formula is C19H22Cl2N2O3. The predicted octanol–water partition coefficient (Wildman–Crippen LogP) is 3.10. The van der Waals surface area contributed by atoms with Crippen molar-refractivity contribution in [1.82, 2.24) is 10.6 Å². The van der Waals surface area contributed by atoms with Gasteiger partial charge in [-0.1, -0.05) is 11.6 Å². The van der Waals surface area contributed by atoms with E-state index in [2.05, 4.69) is 10.6 Å². The lowest BCUT2D eigenvalue weighted by molar-refractivity contribution is -0.123. The number of likely N-dealkylation sites (N-methyl/N-ethyl adjacent to an activating group) is 1. The fourth-order valence-electron chi connectivity index (χ4n) is 2.04. The van der Waals surface area contributed by atoms with E-state index in [0.29, 0.717) is 28.4 Å². The molecule has 2 N–H and O–H groups in total. The second-order valence-electron chi connectivity index (χ2n) is 5.64. The van der Waals surface area contributed by atoms with Gasteiger partial charge in [0.25, 0.3) is 5.91 Å². The van der Waals surface area contributed by atoms with E-state index in [4.69, 9.17) is 16.3 Å². The second-order valence-corrected chi connectivity index (χ2v) is 6.08. The van der Waals surface area contributed by atoms with Crippen LogP contribution >= 0.6 is 24.0 Å². The maximum atomic E-state index is 12.4. The first-order valence-electron chi connectivity index (χ1n) is 7.96. The fourth-order valence-corrected chi connectivity index (χ4v) is 2.17. The summed E-state index contributed by atoms with van der Waals surface area (Å²) in [5.74, 6) is 0.245. The number of ether oxygens (including phenoxy) is 1. The molecule has 7 heteroatoms. The van der Waals surface area contributed by atoms with Crippen molar-refractivity contribution in [2.24, 2.45) is 0 Å². The van der Waals surface area contributed by atoms with Crippen LogP contribution in [0.2, 0.25) is 5.02 Å². The summed E-state index contributed by atoms with van der Waals surface area (Å²) in [5.41, 5.74) is 1.11. The number of hydrogen-bond acceptors (Lipinski definition) is 4. The SMILES string of the molecule is CNC(C)CNC(=O)COc1ccc(C(=O)c2ccc(Cl)cc2)cc1.Cl. The molecule has 2 aromatic rings. The molecule has 2 rings (SSSR count). The van der Waals surface area contributed by atoms with Gasteiger partial charge in [-0.05, 0) is 62.5 Å². The molecule has 1 atom stereocenters. The third-order valence-corrected chi connectivity index (χ3v) is 3.94. The van der Waals surface area contributed by atoms with Gasteiger partial charge in [-0.25, -0.2) is 0 Å². The monoisotopic (exact) mass is 396 g/mol. The van der Waals surface area contributed by atoms with Crippen molar-refractivity contribution in [3.63, 3.8) is 0 Å². The highest BCUT2D eigenvalue weighted by Gasteiger charge is 2.10. The van der Waals surface area contributed by atoms with Crippen molar-refractivity contribution in [2.45, 2.75) is 13.0 Å². The van der Waals surface area contributed by atoms with Crippen LogP contribution in [0.1, 0.15) is 22.8 Å². The van der Waals surface area contributed by atoms with Crippen LogP contribution in [0.15, 0.2) is 48.5 Å². The molecular weight excluding hydrogens is 375 g/mol. The van der Waals surface area contributed by atoms with Gasteiger partial charge in [-0.3, -0.25) is 9.59 Å². The van der Waals surface area contributed by atoms with Crippen LogP contribution in [0.5, 0.6) is 5.75 Å². The van der Waals surface area contributed by atoms with Crippen LogP contribution in [-0.2, 0) is 4.79 Å². The number of hydrogen-bond donors (Lipinski definition) is 2. The quantitative estimate of drug-likeness (QED) is 0.672. The van der Waals surface area contributed by atoms with Gasteiger partial charge in [0.2, 0.25) is 0 Å². The number of ketones is 1. The summed E-state index contributed by atoms with van der Waals surface area (Å²) in [4.78, 5) is 24.1. The van der Waals surface area contributed by atoms with E-state index in [1.54, 1.807) is 48.5 Å². The Bertz CT molecular complexity index is 719. The lowest BCUT2D eigenvalue weighted by Crippen LogP contribution is -2.39. The van der Waals surface area contributed by atoms with Gasteiger partial charge in [-0.15, -0.1) is 12.4 Å². The van der Waals surface area contributed by atoms with E-state index in [1.165, 1.54) is 0 Å². The van der Waals surface area contributed by atoms with Crippen molar-refractivity contribution < 1.29 is 14.3 Å². The van der Waals surface area contributed by atoms with Crippen LogP contribution in [0.4, 0.5) is 0 Å². The van der Waals surface area contributed by atoms with Gasteiger partial charge < -0.3 is 15.4 Å². The molecule has 1 amide bonds. The summed E-state index contributed by atoms with van der Waals surface area (Å²) < 4.78 is 5.43. The van der Waals surface area contributed by atoms with Crippen LogP contribution in [0.3, 0.4) is 0 Å². The van der Waals surface area contributed by atoms with Gasteiger partial charge >= 0.3 is 0 Å². The molecule has 26 heavy (non-hydrogen) atoms. The zero-order valence-electron chi connectivity index (χ0n) is 14.6. The summed E-state index contributed by atoms with van der Waals surface area (Å²) in [5, 5.41) is 6.39. The number of benzene rings is 2. The molecule has 5 nitrogen and oxygen atoms in total. The second kappa shape index (κ2) is 10.8. The van der Waals surface area contributed by atoms with E-state index in [1.807, 2.05) is 14.0 Å². The Hall–Kier alpha value is -2.08. The van der Waals surface area contributed by atoms with E-state index >= 15 is 0 Å². The van der Waals surface area contributed by atoms with Crippen molar-refractivity contribution in [1.29, 1.82) is 0 Å². The molecule has 2 aromatic carbocycles. The molecule has 0 bridgehead atoms. The van der Waals surface area contributed by atoms with Crippen LogP contribution in [0.25, 0.3) is 0 Å². The molecule has 0 spiro atoms. The summed E-state index contributed by atoms with van der Waals surface area (Å²) in [6, 6.07) is 13.6. The Balaban J connectivity index is 0.00000338. The maximum Gasteiger partial charge on any atom is 0.257 e. The highest BCUT2D eigenvalue weighted by atomic mass is 35.5. The fraction of sp³-hybridized carbons (Fsp3) is 0.263. The first-order valence-corrected chi connectivity index (χ1v) is 8.34. The molecule has 0 saturated heterocycles. The molecule has 1 unspecified atom stereocenters. The largest absolute Gasteiger partial charge is 0.484 e. The van der Waals surface area contributed by atoms with E-state index in [-0.39, 0.29) is 36.7 Å². The standard InChI is InChI=1S/C19H21ClN2O3.ClH/c1-13(21-2)11-22-18(23)12-25-17-9-5-15(6-10-17)19(24)14-3-7-16(20)8-4-14;/h3-10,13,21H,11-12H2,1-2H3,(H,22,23);1H. The van der Waals surface area contributed by atoms with Crippen LogP contribution in [0, 0.1) is 0 Å². The Kier molecular flexibility index (Phi) is 9.13. The molecule has 140 valence electrons. The maximum absolute atomic E-state index is 12.4. The molecule has 0 heterocycles. The Morgan fingerprint density at radius 2 is 1.58 bits per heavy atom. The minimum absolute atomic E-state index is 0. The summed E-state index contributed by atoms with van der Waals surface area (Å²) in [6.45, 7) is 2.44. The Labute approximate surface area is 164 Å². The average molecular weight is 397 g/mol. The third-order valence-electron chi connectivity index (χ3n) is 3.69. The number of halogens is 2. The van der Waals surface area contributed by atoms with Gasteiger partial charge in [0.1, 0.15) is 5.75 Å². The van der Waals surface area contributed by atoms with Gasteiger partial charge in [-0.2, -0.15) is 0 Å². The average Bonchev–Trinajstić information content (AvgIpc) is 2.64. The van der Waals surface area contributed by atoms with Crippen molar-refractivity contribution in [3.05, 3.63) is 64.7 Å². The number of carbonyl (C=O) groups excluding carboxylic acids is 2. The molecule has 0 saturated carbocycles. The van der Waals surface area contributed by atoms with Crippen molar-refractivity contribution in [3.8, 4) is 5.75 Å². The third kappa shape index (κ3) is 6.67. The summed E-state index contributed by atoms with van der Waals surface area (Å²) >= 11 is 5.83. The van der Waals surface area contributed by atoms with E-state index in [0.717, 1.165) is 0 Å². The Morgan fingerprint density at radius 1 is 1.04 bits per heavy atom.